The van der Waals surface area contributed by atoms with Crippen LogP contribution in [0, 0.1) is 11.3 Å². The summed E-state index contributed by atoms with van der Waals surface area (Å²) in [6, 6.07) is 0. The van der Waals surface area contributed by atoms with Gasteiger partial charge in [-0.2, -0.15) is 0 Å². The summed E-state index contributed by atoms with van der Waals surface area (Å²) < 4.78 is 0. The van der Waals surface area contributed by atoms with Gasteiger partial charge >= 0.3 is 0 Å². The van der Waals surface area contributed by atoms with Gasteiger partial charge in [0.1, 0.15) is 0 Å². The smallest absolute Gasteiger partial charge is 0.0575 e. The van der Waals surface area contributed by atoms with Gasteiger partial charge in [-0.3, -0.25) is 0 Å². The van der Waals surface area contributed by atoms with Crippen LogP contribution in [0.3, 0.4) is 0 Å². The lowest BCUT2D eigenvalue weighted by Crippen LogP contribution is -2.39. The zero-order chi connectivity index (χ0) is 10.1. The number of nitrogens with zero attached hydrogens (tertiary/aromatic N) is 1. The molecule has 0 saturated heterocycles. The highest BCUT2D eigenvalue weighted by atomic mass is 16.3. The van der Waals surface area contributed by atoms with Crippen molar-refractivity contribution in [3.05, 3.63) is 0 Å². The highest BCUT2D eigenvalue weighted by molar-refractivity contribution is 4.81. The molecule has 1 unspecified atom stereocenters. The van der Waals surface area contributed by atoms with E-state index in [1.54, 1.807) is 0 Å². The highest BCUT2D eigenvalue weighted by Crippen LogP contribution is 2.30. The van der Waals surface area contributed by atoms with Crippen LogP contribution in [0.5, 0.6) is 0 Å². The zero-order valence-corrected chi connectivity index (χ0v) is 9.38. The maximum atomic E-state index is 9.55. The van der Waals surface area contributed by atoms with Gasteiger partial charge in [0.2, 0.25) is 0 Å². The van der Waals surface area contributed by atoms with Crippen LogP contribution in [0.25, 0.3) is 0 Å². The molecule has 0 heterocycles. The van der Waals surface area contributed by atoms with E-state index in [9.17, 15) is 5.11 Å². The van der Waals surface area contributed by atoms with Crippen LogP contribution in [0.15, 0.2) is 0 Å². The molecule has 1 rings (SSSR count). The monoisotopic (exact) mass is 185 g/mol. The van der Waals surface area contributed by atoms with Crippen molar-refractivity contribution in [2.45, 2.75) is 39.7 Å². The highest BCUT2D eigenvalue weighted by Gasteiger charge is 2.28. The molecular weight excluding hydrogens is 162 g/mol. The first-order valence-corrected chi connectivity index (χ1v) is 5.28. The largest absolute Gasteiger partial charge is 0.393 e. The van der Waals surface area contributed by atoms with Crippen LogP contribution in [0.2, 0.25) is 0 Å². The first-order chi connectivity index (χ1) is 5.92. The Balaban J connectivity index is 2.27. The van der Waals surface area contributed by atoms with Crippen molar-refractivity contribution in [3.63, 3.8) is 0 Å². The summed E-state index contributed by atoms with van der Waals surface area (Å²) in [6.07, 6.45) is 2.58. The number of hydrogen-bond acceptors (Lipinski definition) is 2. The molecule has 2 nitrogen and oxygen atoms in total. The number of aliphatic hydroxyl groups is 1. The maximum absolute atomic E-state index is 9.55. The molecule has 2 heteroatoms. The summed E-state index contributed by atoms with van der Waals surface area (Å²) in [7, 11) is 2.16. The van der Waals surface area contributed by atoms with Crippen molar-refractivity contribution in [1.29, 1.82) is 0 Å². The molecule has 1 aliphatic rings. The Labute approximate surface area is 81.9 Å². The van der Waals surface area contributed by atoms with Crippen molar-refractivity contribution in [3.8, 4) is 0 Å². The lowest BCUT2D eigenvalue weighted by molar-refractivity contribution is 0.0399. The van der Waals surface area contributed by atoms with Gasteiger partial charge in [0.25, 0.3) is 0 Å². The molecule has 0 aromatic heterocycles. The second-order valence-corrected chi connectivity index (χ2v) is 5.30. The normalized spacial score (nSPS) is 20.8. The summed E-state index contributed by atoms with van der Waals surface area (Å²) in [5.41, 5.74) is 0.0175. The predicted octanol–water partition coefficient (Wildman–Crippen LogP) is 1.74. The Kier molecular flexibility index (Phi) is 3.36. The van der Waals surface area contributed by atoms with E-state index in [1.807, 2.05) is 6.92 Å². The average molecular weight is 185 g/mol. The molecule has 0 amide bonds. The minimum absolute atomic E-state index is 0.0175. The summed E-state index contributed by atoms with van der Waals surface area (Å²) >= 11 is 0. The van der Waals surface area contributed by atoms with Crippen LogP contribution in [0.4, 0.5) is 0 Å². The van der Waals surface area contributed by atoms with Gasteiger partial charge in [0.05, 0.1) is 6.10 Å². The molecule has 1 atom stereocenters. The van der Waals surface area contributed by atoms with E-state index in [1.165, 1.54) is 19.4 Å². The Morgan fingerprint density at radius 1 is 1.46 bits per heavy atom. The standard InChI is InChI=1S/C11H23NO/c1-9(13)11(2,3)8-12(4)7-10-5-6-10/h9-10,13H,5-8H2,1-4H3. The fraction of sp³-hybridized carbons (Fsp3) is 1.00. The van der Waals surface area contributed by atoms with Gasteiger partial charge in [0.15, 0.2) is 0 Å². The molecule has 0 bridgehead atoms. The van der Waals surface area contributed by atoms with Gasteiger partial charge in [-0.15, -0.1) is 0 Å². The van der Waals surface area contributed by atoms with Gasteiger partial charge in [0, 0.05) is 18.5 Å². The fourth-order valence-corrected chi connectivity index (χ4v) is 1.63. The van der Waals surface area contributed by atoms with Crippen LogP contribution in [-0.4, -0.2) is 36.2 Å². The quantitative estimate of drug-likeness (QED) is 0.705. The van der Waals surface area contributed by atoms with Crippen LogP contribution >= 0.6 is 0 Å². The molecule has 0 aliphatic heterocycles. The summed E-state index contributed by atoms with van der Waals surface area (Å²) in [5.74, 6) is 0.940. The van der Waals surface area contributed by atoms with E-state index in [0.29, 0.717) is 0 Å². The minimum atomic E-state index is -0.228. The molecule has 0 aromatic rings. The first kappa shape index (κ1) is 11.0. The zero-order valence-electron chi connectivity index (χ0n) is 9.38. The number of aliphatic hydroxyl groups excluding tert-OH is 1. The van der Waals surface area contributed by atoms with Crippen LogP contribution in [0.1, 0.15) is 33.6 Å². The number of rotatable bonds is 5. The van der Waals surface area contributed by atoms with Crippen LogP contribution in [-0.2, 0) is 0 Å². The third kappa shape index (κ3) is 3.65. The van der Waals surface area contributed by atoms with Crippen molar-refractivity contribution in [2.75, 3.05) is 20.1 Å². The molecular formula is C11H23NO. The second-order valence-electron chi connectivity index (χ2n) is 5.30. The van der Waals surface area contributed by atoms with E-state index >= 15 is 0 Å². The predicted molar refractivity (Wildman–Crippen MR) is 55.7 cm³/mol. The Hall–Kier alpha value is -0.0800. The summed E-state index contributed by atoms with van der Waals surface area (Å²) in [4.78, 5) is 2.35. The Morgan fingerprint density at radius 2 is 2.00 bits per heavy atom. The second kappa shape index (κ2) is 3.97. The first-order valence-electron chi connectivity index (χ1n) is 5.28. The Morgan fingerprint density at radius 3 is 2.38 bits per heavy atom. The molecule has 1 N–H and O–H groups in total. The van der Waals surface area contributed by atoms with Gasteiger partial charge in [-0.05, 0) is 32.7 Å². The van der Waals surface area contributed by atoms with Crippen molar-refractivity contribution in [1.82, 2.24) is 4.90 Å². The molecule has 1 aliphatic carbocycles. The van der Waals surface area contributed by atoms with E-state index in [-0.39, 0.29) is 11.5 Å². The molecule has 0 aromatic carbocycles. The summed E-state index contributed by atoms with van der Waals surface area (Å²) in [5, 5.41) is 9.55. The van der Waals surface area contributed by atoms with Crippen molar-refractivity contribution in [2.24, 2.45) is 11.3 Å². The minimum Gasteiger partial charge on any atom is -0.393 e. The van der Waals surface area contributed by atoms with E-state index in [0.717, 1.165) is 12.5 Å². The SMILES string of the molecule is CC(O)C(C)(C)CN(C)CC1CC1. The average Bonchev–Trinajstić information content (AvgIpc) is 2.69. The van der Waals surface area contributed by atoms with Crippen molar-refractivity contribution >= 4 is 0 Å². The molecule has 78 valence electrons. The lowest BCUT2D eigenvalue weighted by Gasteiger charge is -2.32. The molecule has 0 spiro atoms. The van der Waals surface area contributed by atoms with Crippen LogP contribution < -0.4 is 0 Å². The molecule has 1 fully saturated rings. The molecule has 0 radical (unpaired) electrons. The summed E-state index contributed by atoms with van der Waals surface area (Å²) in [6.45, 7) is 8.32. The number of hydrogen-bond donors (Lipinski definition) is 1. The van der Waals surface area contributed by atoms with Gasteiger partial charge in [-0.25, -0.2) is 0 Å². The maximum Gasteiger partial charge on any atom is 0.0575 e. The van der Waals surface area contributed by atoms with E-state index in [2.05, 4.69) is 25.8 Å². The molecule has 1 saturated carbocycles. The molecule has 13 heavy (non-hydrogen) atoms. The van der Waals surface area contributed by atoms with E-state index < -0.39 is 0 Å². The van der Waals surface area contributed by atoms with E-state index in [4.69, 9.17) is 0 Å². The third-order valence-corrected chi connectivity index (χ3v) is 3.08. The lowest BCUT2D eigenvalue weighted by atomic mass is 9.87. The van der Waals surface area contributed by atoms with Gasteiger partial charge in [-0.1, -0.05) is 13.8 Å². The third-order valence-electron chi connectivity index (χ3n) is 3.08. The van der Waals surface area contributed by atoms with Gasteiger partial charge < -0.3 is 10.0 Å². The fourth-order valence-electron chi connectivity index (χ4n) is 1.63. The Bertz CT molecular complexity index is 161. The van der Waals surface area contributed by atoms with Crippen molar-refractivity contribution < 1.29 is 5.11 Å². The topological polar surface area (TPSA) is 23.5 Å².